The van der Waals surface area contributed by atoms with Crippen molar-refractivity contribution < 1.29 is 4.79 Å². The molecule has 1 amide bonds. The molecule has 2 aliphatic rings. The van der Waals surface area contributed by atoms with E-state index in [9.17, 15) is 4.79 Å². The quantitative estimate of drug-likeness (QED) is 0.909. The molecule has 0 bridgehead atoms. The third kappa shape index (κ3) is 2.57. The molecule has 0 aromatic heterocycles. The number of carbonyl (C=O) groups excluding carboxylic acids is 1. The summed E-state index contributed by atoms with van der Waals surface area (Å²) in [5, 5.41) is 3.33. The van der Waals surface area contributed by atoms with Gasteiger partial charge >= 0.3 is 0 Å². The molecule has 3 nitrogen and oxygen atoms in total. The molecule has 110 valence electrons. The number of carbonyl (C=O) groups is 1. The Hall–Kier alpha value is -1.06. The zero-order chi connectivity index (χ0) is 13.4. The molecule has 2 atom stereocenters. The summed E-state index contributed by atoms with van der Waals surface area (Å²) >= 11 is 0. The van der Waals surface area contributed by atoms with Crippen LogP contribution in [-0.4, -0.2) is 22.9 Å². The van der Waals surface area contributed by atoms with Crippen LogP contribution in [0.1, 0.15) is 54.6 Å². The van der Waals surface area contributed by atoms with Gasteiger partial charge in [0.05, 0.1) is 0 Å². The molecule has 0 aliphatic carbocycles. The van der Waals surface area contributed by atoms with Crippen LogP contribution in [0, 0.1) is 0 Å². The van der Waals surface area contributed by atoms with Crippen molar-refractivity contribution in [3.8, 4) is 0 Å². The van der Waals surface area contributed by atoms with E-state index in [-0.39, 0.29) is 18.3 Å². The normalized spacial score (nSPS) is 24.4. The fourth-order valence-electron chi connectivity index (χ4n) is 3.42. The third-order valence-corrected chi connectivity index (χ3v) is 4.58. The van der Waals surface area contributed by atoms with Crippen LogP contribution in [0.4, 0.5) is 0 Å². The van der Waals surface area contributed by atoms with E-state index in [4.69, 9.17) is 0 Å². The third-order valence-electron chi connectivity index (χ3n) is 4.58. The molecule has 2 unspecified atom stereocenters. The first-order valence-corrected chi connectivity index (χ1v) is 7.36. The Kier molecular flexibility index (Phi) is 4.71. The summed E-state index contributed by atoms with van der Waals surface area (Å²) < 4.78 is 0. The maximum atomic E-state index is 12.7. The predicted molar refractivity (Wildman–Crippen MR) is 83.2 cm³/mol. The molecule has 1 aromatic rings. The molecule has 0 saturated carbocycles. The van der Waals surface area contributed by atoms with Gasteiger partial charge in [-0.25, -0.2) is 0 Å². The Morgan fingerprint density at radius 2 is 2.05 bits per heavy atom. The van der Waals surface area contributed by atoms with Gasteiger partial charge < -0.3 is 10.2 Å². The maximum absolute atomic E-state index is 12.7. The van der Waals surface area contributed by atoms with Gasteiger partial charge in [-0.2, -0.15) is 0 Å². The lowest BCUT2D eigenvalue weighted by atomic mass is 10.0. The van der Waals surface area contributed by atoms with Gasteiger partial charge in [-0.1, -0.05) is 13.0 Å². The number of fused-ring (bicyclic) bond motifs is 1. The Labute approximate surface area is 127 Å². The van der Waals surface area contributed by atoms with Crippen molar-refractivity contribution >= 4 is 18.3 Å². The van der Waals surface area contributed by atoms with E-state index >= 15 is 0 Å². The number of nitrogens with zero attached hydrogens (tertiary/aromatic N) is 1. The molecule has 1 saturated heterocycles. The second-order valence-corrected chi connectivity index (χ2v) is 5.79. The van der Waals surface area contributed by atoms with Crippen LogP contribution < -0.4 is 5.32 Å². The summed E-state index contributed by atoms with van der Waals surface area (Å²) in [6, 6.07) is 6.98. The highest BCUT2D eigenvalue weighted by molar-refractivity contribution is 5.95. The highest BCUT2D eigenvalue weighted by atomic mass is 35.5. The van der Waals surface area contributed by atoms with Gasteiger partial charge in [-0.05, 0) is 49.4 Å². The minimum Gasteiger partial charge on any atom is -0.333 e. The van der Waals surface area contributed by atoms with Crippen molar-refractivity contribution in [2.75, 3.05) is 0 Å². The lowest BCUT2D eigenvalue weighted by Gasteiger charge is -2.28. The topological polar surface area (TPSA) is 32.3 Å². The lowest BCUT2D eigenvalue weighted by molar-refractivity contribution is 0.0676. The summed E-state index contributed by atoms with van der Waals surface area (Å²) in [4.78, 5) is 14.8. The summed E-state index contributed by atoms with van der Waals surface area (Å²) in [6.07, 6.45) is 3.34. The number of benzene rings is 1. The molecule has 1 N–H and O–H groups in total. The number of halogens is 1. The number of hydrogen-bond acceptors (Lipinski definition) is 2. The average molecular weight is 295 g/mol. The SMILES string of the molecule is CCC1CCC(C)N1C(=O)c1ccc2c(c1)CNC2.Cl. The summed E-state index contributed by atoms with van der Waals surface area (Å²) in [5.74, 6) is 0.214. The van der Waals surface area contributed by atoms with E-state index < -0.39 is 0 Å². The maximum Gasteiger partial charge on any atom is 0.254 e. The van der Waals surface area contributed by atoms with Crippen LogP contribution in [0.2, 0.25) is 0 Å². The molecule has 0 spiro atoms. The lowest BCUT2D eigenvalue weighted by Crippen LogP contribution is -2.39. The summed E-state index contributed by atoms with van der Waals surface area (Å²) in [5.41, 5.74) is 3.47. The minimum atomic E-state index is 0. The van der Waals surface area contributed by atoms with Crippen molar-refractivity contribution in [3.63, 3.8) is 0 Å². The smallest absolute Gasteiger partial charge is 0.254 e. The van der Waals surface area contributed by atoms with Crippen LogP contribution in [0.15, 0.2) is 18.2 Å². The van der Waals surface area contributed by atoms with E-state index in [0.717, 1.165) is 37.9 Å². The van der Waals surface area contributed by atoms with Crippen LogP contribution >= 0.6 is 12.4 Å². The van der Waals surface area contributed by atoms with Gasteiger partial charge in [0.1, 0.15) is 0 Å². The number of hydrogen-bond donors (Lipinski definition) is 1. The average Bonchev–Trinajstić information content (AvgIpc) is 3.02. The first kappa shape index (κ1) is 15.3. The molecule has 1 aromatic carbocycles. The highest BCUT2D eigenvalue weighted by Gasteiger charge is 2.33. The summed E-state index contributed by atoms with van der Waals surface area (Å²) in [7, 11) is 0. The highest BCUT2D eigenvalue weighted by Crippen LogP contribution is 2.28. The Balaban J connectivity index is 0.00000147. The monoisotopic (exact) mass is 294 g/mol. The molecule has 1 fully saturated rings. The molecule has 4 heteroatoms. The Morgan fingerprint density at radius 1 is 1.30 bits per heavy atom. The van der Waals surface area contributed by atoms with Crippen LogP contribution in [-0.2, 0) is 13.1 Å². The van der Waals surface area contributed by atoms with Gasteiger partial charge in [-0.15, -0.1) is 12.4 Å². The van der Waals surface area contributed by atoms with Crippen molar-refractivity contribution in [1.29, 1.82) is 0 Å². The number of amides is 1. The molecule has 2 heterocycles. The van der Waals surface area contributed by atoms with Gasteiger partial charge in [-0.3, -0.25) is 4.79 Å². The zero-order valence-corrected chi connectivity index (χ0v) is 13.0. The van der Waals surface area contributed by atoms with Crippen LogP contribution in [0.3, 0.4) is 0 Å². The van der Waals surface area contributed by atoms with Gasteiger partial charge in [0.15, 0.2) is 0 Å². The van der Waals surface area contributed by atoms with E-state index in [1.807, 2.05) is 6.07 Å². The minimum absolute atomic E-state index is 0. The van der Waals surface area contributed by atoms with Crippen molar-refractivity contribution in [2.45, 2.75) is 58.3 Å². The predicted octanol–water partition coefficient (Wildman–Crippen LogP) is 3.11. The Morgan fingerprint density at radius 3 is 2.80 bits per heavy atom. The fourth-order valence-corrected chi connectivity index (χ4v) is 3.42. The first-order valence-electron chi connectivity index (χ1n) is 7.36. The first-order chi connectivity index (χ1) is 9.20. The van der Waals surface area contributed by atoms with Crippen LogP contribution in [0.25, 0.3) is 0 Å². The van der Waals surface area contributed by atoms with E-state index in [1.165, 1.54) is 11.1 Å². The molecular formula is C16H23ClN2O. The Bertz CT molecular complexity index is 503. The zero-order valence-electron chi connectivity index (χ0n) is 12.2. The van der Waals surface area contributed by atoms with Gasteiger partial charge in [0.25, 0.3) is 5.91 Å². The second-order valence-electron chi connectivity index (χ2n) is 5.79. The van der Waals surface area contributed by atoms with E-state index in [2.05, 4.69) is 36.2 Å². The van der Waals surface area contributed by atoms with E-state index in [0.29, 0.717) is 12.1 Å². The second kappa shape index (κ2) is 6.15. The molecular weight excluding hydrogens is 272 g/mol. The van der Waals surface area contributed by atoms with Crippen molar-refractivity contribution in [2.24, 2.45) is 0 Å². The number of likely N-dealkylation sites (tertiary alicyclic amines) is 1. The van der Waals surface area contributed by atoms with Crippen LogP contribution in [0.5, 0.6) is 0 Å². The molecule has 2 aliphatic heterocycles. The molecule has 20 heavy (non-hydrogen) atoms. The molecule has 3 rings (SSSR count). The van der Waals surface area contributed by atoms with Crippen molar-refractivity contribution in [3.05, 3.63) is 34.9 Å². The standard InChI is InChI=1S/C16H22N2O.ClH/c1-3-15-7-4-11(2)18(15)16(19)12-5-6-13-9-17-10-14(13)8-12;/h5-6,8,11,15,17H,3-4,7,9-10H2,1-2H3;1H. The van der Waals surface area contributed by atoms with Crippen molar-refractivity contribution in [1.82, 2.24) is 10.2 Å². The molecule has 0 radical (unpaired) electrons. The largest absolute Gasteiger partial charge is 0.333 e. The van der Waals surface area contributed by atoms with Gasteiger partial charge in [0.2, 0.25) is 0 Å². The fraction of sp³-hybridized carbons (Fsp3) is 0.562. The van der Waals surface area contributed by atoms with Gasteiger partial charge in [0, 0.05) is 30.7 Å². The number of nitrogens with one attached hydrogen (secondary N) is 1. The number of rotatable bonds is 2. The summed E-state index contributed by atoms with van der Waals surface area (Å²) in [6.45, 7) is 6.17. The van der Waals surface area contributed by atoms with E-state index in [1.54, 1.807) is 0 Å².